The van der Waals surface area contributed by atoms with E-state index in [2.05, 4.69) is 15.3 Å². The molecule has 3 nitrogen and oxygen atoms in total. The summed E-state index contributed by atoms with van der Waals surface area (Å²) in [5.41, 5.74) is 0.925. The molecule has 0 aliphatic rings. The third-order valence-electron chi connectivity index (χ3n) is 2.64. The van der Waals surface area contributed by atoms with Gasteiger partial charge in [-0.15, -0.1) is 11.3 Å². The van der Waals surface area contributed by atoms with Crippen molar-refractivity contribution in [2.45, 2.75) is 0 Å². The average Bonchev–Trinajstić information content (AvgIpc) is 2.85. The number of aromatic nitrogens is 2. The molecule has 0 fully saturated rings. The number of hydrogen-bond donors (Lipinski definition) is 1. The molecule has 3 aromatic rings. The zero-order valence-electron chi connectivity index (χ0n) is 9.64. The van der Waals surface area contributed by atoms with E-state index in [-0.39, 0.29) is 0 Å². The monoisotopic (exact) mass is 275 g/mol. The molecule has 0 saturated carbocycles. The van der Waals surface area contributed by atoms with E-state index in [0.29, 0.717) is 10.8 Å². The highest BCUT2D eigenvalue weighted by molar-refractivity contribution is 7.16. The van der Waals surface area contributed by atoms with Crippen LogP contribution >= 0.6 is 22.9 Å². The first kappa shape index (κ1) is 11.4. The van der Waals surface area contributed by atoms with Gasteiger partial charge >= 0.3 is 0 Å². The smallest absolute Gasteiger partial charge is 0.163 e. The molecule has 0 spiro atoms. The second-order valence-corrected chi connectivity index (χ2v) is 5.13. The summed E-state index contributed by atoms with van der Waals surface area (Å²) in [5, 5.41) is 6.86. The molecule has 0 saturated heterocycles. The minimum absolute atomic E-state index is 0.688. The van der Waals surface area contributed by atoms with Crippen molar-refractivity contribution in [3.05, 3.63) is 40.7 Å². The fraction of sp³-hybridized carbons (Fsp3) is 0.0769. The number of rotatable bonds is 2. The van der Waals surface area contributed by atoms with Crippen LogP contribution in [0.1, 0.15) is 0 Å². The van der Waals surface area contributed by atoms with Gasteiger partial charge in [0.05, 0.1) is 5.39 Å². The molecule has 0 unspecified atom stereocenters. The Morgan fingerprint density at radius 3 is 2.89 bits per heavy atom. The van der Waals surface area contributed by atoms with Gasteiger partial charge in [-0.2, -0.15) is 0 Å². The standard InChI is InChI=1S/C13H10ClN3S/c1-15-12-10-5-6-18-13(10)17-11(16-12)8-3-2-4-9(14)7-8/h2-7H,1H3,(H,15,16,17). The van der Waals surface area contributed by atoms with E-state index >= 15 is 0 Å². The summed E-state index contributed by atoms with van der Waals surface area (Å²) < 4.78 is 0. The predicted molar refractivity (Wildman–Crippen MR) is 77.4 cm³/mol. The van der Waals surface area contributed by atoms with Crippen LogP contribution in [0.4, 0.5) is 5.82 Å². The zero-order valence-corrected chi connectivity index (χ0v) is 11.2. The van der Waals surface area contributed by atoms with E-state index in [1.54, 1.807) is 11.3 Å². The van der Waals surface area contributed by atoms with Gasteiger partial charge in [0.25, 0.3) is 0 Å². The Balaban J connectivity index is 2.23. The van der Waals surface area contributed by atoms with Crippen LogP contribution in [0.5, 0.6) is 0 Å². The molecule has 3 rings (SSSR count). The second kappa shape index (κ2) is 4.55. The first-order valence-electron chi connectivity index (χ1n) is 5.47. The van der Waals surface area contributed by atoms with Gasteiger partial charge in [-0.1, -0.05) is 23.7 Å². The Bertz CT molecular complexity index is 708. The van der Waals surface area contributed by atoms with Crippen molar-refractivity contribution >= 4 is 39.0 Å². The van der Waals surface area contributed by atoms with Gasteiger partial charge < -0.3 is 5.32 Å². The quantitative estimate of drug-likeness (QED) is 0.767. The third-order valence-corrected chi connectivity index (χ3v) is 3.69. The lowest BCUT2D eigenvalue weighted by atomic mass is 10.2. The van der Waals surface area contributed by atoms with Crippen LogP contribution in [-0.2, 0) is 0 Å². The Morgan fingerprint density at radius 2 is 2.11 bits per heavy atom. The normalized spacial score (nSPS) is 10.8. The van der Waals surface area contributed by atoms with Crippen LogP contribution in [-0.4, -0.2) is 17.0 Å². The Morgan fingerprint density at radius 1 is 1.22 bits per heavy atom. The number of fused-ring (bicyclic) bond motifs is 1. The zero-order chi connectivity index (χ0) is 12.5. The summed E-state index contributed by atoms with van der Waals surface area (Å²) >= 11 is 7.60. The predicted octanol–water partition coefficient (Wildman–Crippen LogP) is 4.05. The van der Waals surface area contributed by atoms with Crippen molar-refractivity contribution in [1.82, 2.24) is 9.97 Å². The van der Waals surface area contributed by atoms with Gasteiger partial charge in [-0.3, -0.25) is 0 Å². The summed E-state index contributed by atoms with van der Waals surface area (Å²) in [6.45, 7) is 0. The summed E-state index contributed by atoms with van der Waals surface area (Å²) in [4.78, 5) is 10.1. The number of benzene rings is 1. The summed E-state index contributed by atoms with van der Waals surface area (Å²) in [6.07, 6.45) is 0. The fourth-order valence-corrected chi connectivity index (χ4v) is 2.76. The first-order valence-corrected chi connectivity index (χ1v) is 6.72. The molecular formula is C13H10ClN3S. The van der Waals surface area contributed by atoms with E-state index in [1.165, 1.54) is 0 Å². The number of thiophene rings is 1. The molecule has 2 aromatic heterocycles. The molecule has 0 amide bonds. The molecule has 90 valence electrons. The molecular weight excluding hydrogens is 266 g/mol. The van der Waals surface area contributed by atoms with Crippen LogP contribution in [0.15, 0.2) is 35.7 Å². The largest absolute Gasteiger partial charge is 0.372 e. The number of nitrogens with one attached hydrogen (secondary N) is 1. The average molecular weight is 276 g/mol. The van der Waals surface area contributed by atoms with Crippen molar-refractivity contribution in [1.29, 1.82) is 0 Å². The van der Waals surface area contributed by atoms with Crippen molar-refractivity contribution in [3.8, 4) is 11.4 Å². The highest BCUT2D eigenvalue weighted by atomic mass is 35.5. The first-order chi connectivity index (χ1) is 8.78. The number of nitrogens with zero attached hydrogens (tertiary/aromatic N) is 2. The molecule has 0 aliphatic heterocycles. The van der Waals surface area contributed by atoms with Crippen molar-refractivity contribution < 1.29 is 0 Å². The van der Waals surface area contributed by atoms with E-state index < -0.39 is 0 Å². The highest BCUT2D eigenvalue weighted by Gasteiger charge is 2.09. The molecule has 5 heteroatoms. The third kappa shape index (κ3) is 1.94. The van der Waals surface area contributed by atoms with Gasteiger partial charge in [0.1, 0.15) is 10.6 Å². The molecule has 1 aromatic carbocycles. The summed E-state index contributed by atoms with van der Waals surface area (Å²) in [7, 11) is 1.86. The summed E-state index contributed by atoms with van der Waals surface area (Å²) in [5.74, 6) is 1.54. The van der Waals surface area contributed by atoms with Crippen molar-refractivity contribution in [2.75, 3.05) is 12.4 Å². The van der Waals surface area contributed by atoms with Crippen LogP contribution in [0.25, 0.3) is 21.6 Å². The van der Waals surface area contributed by atoms with Crippen LogP contribution in [0.2, 0.25) is 5.02 Å². The van der Waals surface area contributed by atoms with Crippen LogP contribution in [0, 0.1) is 0 Å². The lowest BCUT2D eigenvalue weighted by Crippen LogP contribution is -1.97. The van der Waals surface area contributed by atoms with Gasteiger partial charge in [0.2, 0.25) is 0 Å². The molecule has 0 radical (unpaired) electrons. The van der Waals surface area contributed by atoms with E-state index in [1.807, 2.05) is 42.8 Å². The van der Waals surface area contributed by atoms with Crippen LogP contribution in [0.3, 0.4) is 0 Å². The maximum absolute atomic E-state index is 6.00. The molecule has 1 N–H and O–H groups in total. The topological polar surface area (TPSA) is 37.8 Å². The highest BCUT2D eigenvalue weighted by Crippen LogP contribution is 2.28. The SMILES string of the molecule is CNc1nc(-c2cccc(Cl)c2)nc2sccc12. The number of hydrogen-bond acceptors (Lipinski definition) is 4. The van der Waals surface area contributed by atoms with Crippen molar-refractivity contribution in [3.63, 3.8) is 0 Å². The van der Waals surface area contributed by atoms with E-state index in [0.717, 1.165) is 21.6 Å². The summed E-state index contributed by atoms with van der Waals surface area (Å²) in [6, 6.07) is 9.59. The van der Waals surface area contributed by atoms with Gasteiger partial charge in [-0.25, -0.2) is 9.97 Å². The number of halogens is 1. The van der Waals surface area contributed by atoms with Gasteiger partial charge in [0, 0.05) is 17.6 Å². The lowest BCUT2D eigenvalue weighted by Gasteiger charge is -2.05. The Kier molecular flexibility index (Phi) is 2.89. The molecule has 0 atom stereocenters. The molecule has 0 aliphatic carbocycles. The van der Waals surface area contributed by atoms with Crippen molar-refractivity contribution in [2.24, 2.45) is 0 Å². The second-order valence-electron chi connectivity index (χ2n) is 3.80. The molecule has 0 bridgehead atoms. The van der Waals surface area contributed by atoms with Gasteiger partial charge in [0.15, 0.2) is 5.82 Å². The maximum atomic E-state index is 6.00. The maximum Gasteiger partial charge on any atom is 0.163 e. The van der Waals surface area contributed by atoms with E-state index in [4.69, 9.17) is 11.6 Å². The molecule has 2 heterocycles. The van der Waals surface area contributed by atoms with Gasteiger partial charge in [-0.05, 0) is 23.6 Å². The lowest BCUT2D eigenvalue weighted by molar-refractivity contribution is 1.22. The number of anilines is 1. The minimum atomic E-state index is 0.688. The van der Waals surface area contributed by atoms with Crippen LogP contribution < -0.4 is 5.32 Å². The Labute approximate surface area is 113 Å². The van der Waals surface area contributed by atoms with E-state index in [9.17, 15) is 0 Å². The Hall–Kier alpha value is -1.65. The minimum Gasteiger partial charge on any atom is -0.372 e. The fourth-order valence-electron chi connectivity index (χ4n) is 1.80. The molecule has 18 heavy (non-hydrogen) atoms.